The van der Waals surface area contributed by atoms with Gasteiger partial charge >= 0.3 is 0 Å². The van der Waals surface area contributed by atoms with E-state index in [4.69, 9.17) is 4.74 Å². The van der Waals surface area contributed by atoms with Crippen molar-refractivity contribution in [3.05, 3.63) is 70.1 Å². The standard InChI is InChI=1S/C22H26N4O4S/c1-5-25(6-2)31(28,29)18-13-11-17(12-14-18)26-22(27)19(16(3)24-26)15-23-20-9-7-8-10-21(20)30-4/h7-15,24H,5-6H2,1-4H3. The van der Waals surface area contributed by atoms with Crippen molar-refractivity contribution in [2.24, 2.45) is 4.99 Å². The highest BCUT2D eigenvalue weighted by atomic mass is 32.2. The number of hydrogen-bond acceptors (Lipinski definition) is 5. The van der Waals surface area contributed by atoms with Crippen LogP contribution >= 0.6 is 0 Å². The number of hydrogen-bond donors (Lipinski definition) is 1. The Balaban J connectivity index is 1.94. The summed E-state index contributed by atoms with van der Waals surface area (Å²) in [6.07, 6.45) is 1.50. The molecule has 0 spiro atoms. The maximum absolute atomic E-state index is 12.9. The maximum atomic E-state index is 12.9. The van der Waals surface area contributed by atoms with Gasteiger partial charge in [0.25, 0.3) is 5.56 Å². The van der Waals surface area contributed by atoms with Crippen LogP contribution in [0.2, 0.25) is 0 Å². The zero-order valence-electron chi connectivity index (χ0n) is 18.0. The van der Waals surface area contributed by atoms with Crippen molar-refractivity contribution >= 4 is 21.9 Å². The fraction of sp³-hybridized carbons (Fsp3) is 0.273. The second-order valence-electron chi connectivity index (χ2n) is 6.80. The summed E-state index contributed by atoms with van der Waals surface area (Å²) in [5, 5.41) is 3.02. The van der Waals surface area contributed by atoms with E-state index in [9.17, 15) is 13.2 Å². The number of aliphatic imine (C=N–C) groups is 1. The average Bonchev–Trinajstić information content (AvgIpc) is 3.06. The smallest absolute Gasteiger partial charge is 0.280 e. The molecule has 0 amide bonds. The molecule has 1 N–H and O–H groups in total. The monoisotopic (exact) mass is 442 g/mol. The second-order valence-corrected chi connectivity index (χ2v) is 8.74. The summed E-state index contributed by atoms with van der Waals surface area (Å²) in [5.74, 6) is 0.609. The van der Waals surface area contributed by atoms with E-state index < -0.39 is 10.0 Å². The molecule has 164 valence electrons. The molecule has 0 aliphatic heterocycles. The zero-order chi connectivity index (χ0) is 22.6. The van der Waals surface area contributed by atoms with Gasteiger partial charge in [0.15, 0.2) is 0 Å². The summed E-state index contributed by atoms with van der Waals surface area (Å²) in [4.78, 5) is 17.5. The van der Waals surface area contributed by atoms with Gasteiger partial charge in [-0.3, -0.25) is 14.9 Å². The minimum atomic E-state index is -3.56. The van der Waals surface area contributed by atoms with Gasteiger partial charge in [-0.15, -0.1) is 0 Å². The molecule has 1 aromatic heterocycles. The number of benzene rings is 2. The van der Waals surface area contributed by atoms with Crippen LogP contribution in [0.3, 0.4) is 0 Å². The normalized spacial score (nSPS) is 12.0. The Morgan fingerprint density at radius 2 is 1.74 bits per heavy atom. The number of aromatic amines is 1. The first-order chi connectivity index (χ1) is 14.8. The molecule has 3 rings (SSSR count). The fourth-order valence-corrected chi connectivity index (χ4v) is 4.70. The van der Waals surface area contributed by atoms with E-state index in [0.29, 0.717) is 41.5 Å². The second kappa shape index (κ2) is 9.32. The molecule has 2 aromatic carbocycles. The molecule has 3 aromatic rings. The Kier molecular flexibility index (Phi) is 6.77. The van der Waals surface area contributed by atoms with Crippen molar-refractivity contribution in [1.82, 2.24) is 14.1 Å². The summed E-state index contributed by atoms with van der Waals surface area (Å²) >= 11 is 0. The molecule has 9 heteroatoms. The molecular formula is C22H26N4O4S. The van der Waals surface area contributed by atoms with Crippen LogP contribution in [0, 0.1) is 6.92 Å². The molecule has 0 fully saturated rings. The first-order valence-electron chi connectivity index (χ1n) is 9.92. The Morgan fingerprint density at radius 1 is 1.10 bits per heavy atom. The maximum Gasteiger partial charge on any atom is 0.280 e. The lowest BCUT2D eigenvalue weighted by Gasteiger charge is -2.18. The van der Waals surface area contributed by atoms with Crippen LogP contribution in [0.1, 0.15) is 25.1 Å². The van der Waals surface area contributed by atoms with Crippen molar-refractivity contribution in [3.8, 4) is 11.4 Å². The predicted molar refractivity (Wildman–Crippen MR) is 121 cm³/mol. The van der Waals surface area contributed by atoms with Gasteiger partial charge < -0.3 is 4.74 Å². The third-order valence-corrected chi connectivity index (χ3v) is 7.04. The molecule has 0 atom stereocenters. The number of aryl methyl sites for hydroxylation is 1. The van der Waals surface area contributed by atoms with Gasteiger partial charge in [0.1, 0.15) is 11.4 Å². The summed E-state index contributed by atoms with van der Waals surface area (Å²) in [7, 11) is -1.99. The van der Waals surface area contributed by atoms with Gasteiger partial charge in [0.05, 0.1) is 23.3 Å². The Morgan fingerprint density at radius 3 is 2.35 bits per heavy atom. The van der Waals surface area contributed by atoms with Crippen LogP contribution in [-0.4, -0.2) is 48.9 Å². The lowest BCUT2D eigenvalue weighted by atomic mass is 10.2. The Labute approximate surface area is 181 Å². The summed E-state index contributed by atoms with van der Waals surface area (Å²) in [5.41, 5.74) is 1.91. The predicted octanol–water partition coefficient (Wildman–Crippen LogP) is 3.26. The number of H-pyrrole nitrogens is 1. The van der Waals surface area contributed by atoms with E-state index in [-0.39, 0.29) is 10.5 Å². The molecule has 0 unspecified atom stereocenters. The quantitative estimate of drug-likeness (QED) is 0.542. The molecule has 0 saturated heterocycles. The highest BCUT2D eigenvalue weighted by Crippen LogP contribution is 2.26. The molecule has 0 radical (unpaired) electrons. The van der Waals surface area contributed by atoms with Crippen LogP contribution in [0.5, 0.6) is 5.75 Å². The van der Waals surface area contributed by atoms with E-state index in [1.54, 1.807) is 52.1 Å². The van der Waals surface area contributed by atoms with Crippen LogP contribution in [-0.2, 0) is 10.0 Å². The molecule has 0 bridgehead atoms. The van der Waals surface area contributed by atoms with Gasteiger partial charge in [0.2, 0.25) is 10.0 Å². The molecule has 8 nitrogen and oxygen atoms in total. The molecule has 0 aliphatic carbocycles. The van der Waals surface area contributed by atoms with E-state index in [1.807, 2.05) is 12.1 Å². The third-order valence-electron chi connectivity index (χ3n) is 4.97. The number of nitrogens with zero attached hydrogens (tertiary/aromatic N) is 3. The van der Waals surface area contributed by atoms with E-state index in [2.05, 4.69) is 10.1 Å². The van der Waals surface area contributed by atoms with Crippen molar-refractivity contribution in [3.63, 3.8) is 0 Å². The van der Waals surface area contributed by atoms with Crippen LogP contribution in [0.4, 0.5) is 5.69 Å². The lowest BCUT2D eigenvalue weighted by Crippen LogP contribution is -2.30. The molecule has 31 heavy (non-hydrogen) atoms. The summed E-state index contributed by atoms with van der Waals surface area (Å²) in [6, 6.07) is 13.5. The first-order valence-corrected chi connectivity index (χ1v) is 11.4. The topological polar surface area (TPSA) is 96.8 Å². The van der Waals surface area contributed by atoms with Crippen LogP contribution in [0.25, 0.3) is 5.69 Å². The Hall–Kier alpha value is -3.17. The van der Waals surface area contributed by atoms with Crippen molar-refractivity contribution in [1.29, 1.82) is 0 Å². The SMILES string of the molecule is CCN(CC)S(=O)(=O)c1ccc(-n2[nH]c(C)c(C=Nc3ccccc3OC)c2=O)cc1. The highest BCUT2D eigenvalue weighted by Gasteiger charge is 2.21. The van der Waals surface area contributed by atoms with Gasteiger partial charge in [-0.25, -0.2) is 13.1 Å². The van der Waals surface area contributed by atoms with Crippen molar-refractivity contribution in [2.75, 3.05) is 20.2 Å². The van der Waals surface area contributed by atoms with E-state index >= 15 is 0 Å². The third kappa shape index (κ3) is 4.47. The first kappa shape index (κ1) is 22.5. The number of rotatable bonds is 8. The van der Waals surface area contributed by atoms with Gasteiger partial charge in [-0.2, -0.15) is 4.31 Å². The summed E-state index contributed by atoms with van der Waals surface area (Å²) in [6.45, 7) is 6.16. The molecule has 0 saturated carbocycles. The number of aromatic nitrogens is 2. The highest BCUT2D eigenvalue weighted by molar-refractivity contribution is 7.89. The van der Waals surface area contributed by atoms with Crippen LogP contribution < -0.4 is 10.3 Å². The van der Waals surface area contributed by atoms with Crippen molar-refractivity contribution in [2.45, 2.75) is 25.7 Å². The molecular weight excluding hydrogens is 416 g/mol. The number of methoxy groups -OCH3 is 1. The largest absolute Gasteiger partial charge is 0.494 e. The number of sulfonamides is 1. The Bertz CT molecular complexity index is 1240. The van der Waals surface area contributed by atoms with Gasteiger partial charge in [-0.1, -0.05) is 26.0 Å². The number of nitrogens with one attached hydrogen (secondary N) is 1. The number of para-hydroxylation sites is 2. The molecule has 1 heterocycles. The van der Waals surface area contributed by atoms with Gasteiger partial charge in [-0.05, 0) is 43.3 Å². The van der Waals surface area contributed by atoms with E-state index in [1.165, 1.54) is 27.3 Å². The minimum absolute atomic E-state index is 0.189. The minimum Gasteiger partial charge on any atom is -0.494 e. The number of ether oxygens (including phenoxy) is 1. The fourth-order valence-electron chi connectivity index (χ4n) is 3.24. The average molecular weight is 443 g/mol. The van der Waals surface area contributed by atoms with Crippen molar-refractivity contribution < 1.29 is 13.2 Å². The van der Waals surface area contributed by atoms with Crippen LogP contribution in [0.15, 0.2) is 63.2 Å². The molecule has 0 aliphatic rings. The lowest BCUT2D eigenvalue weighted by molar-refractivity contribution is 0.416. The van der Waals surface area contributed by atoms with Gasteiger partial charge in [0, 0.05) is 25.0 Å². The zero-order valence-corrected chi connectivity index (χ0v) is 18.8. The van der Waals surface area contributed by atoms with E-state index in [0.717, 1.165) is 0 Å². The summed E-state index contributed by atoms with van der Waals surface area (Å²) < 4.78 is 33.4.